The second kappa shape index (κ2) is 23.3. The van der Waals surface area contributed by atoms with Gasteiger partial charge in [0.1, 0.15) is 0 Å². The summed E-state index contributed by atoms with van der Waals surface area (Å²) in [5.74, 6) is 0. The van der Waals surface area contributed by atoms with Crippen LogP contribution in [0.4, 0.5) is 0 Å². The van der Waals surface area contributed by atoms with Crippen LogP contribution in [0.3, 0.4) is 0 Å². The molecule has 0 aliphatic heterocycles. The van der Waals surface area contributed by atoms with E-state index in [4.69, 9.17) is 15.0 Å². The standard InChI is InChI=1S/C96H63N9/c1-13-37-79-67(25-1)68-26-2-14-38-80(68)100(79)94(101-81-39-15-3-27-69(81)70-28-4-16-40-82(70)101)91-61-49-55-65(56-50-61)98-93(96(104-87-45-21-9-33-75(87)76-34-10-22-46-88(76)104)105-89-47-23-11-35-77(89)78-36-12-24-48-90(78)105)63-53-59-66(60-54-63)99-92(62-51-57-64(97-91)58-52-62)95(102-83-41-17-5-29-71(83)72-30-6-18-42-84(72)102)103-85-43-19-7-31-73(85)74-32-8-20-44-86(74)103/h1-60,94-96H. The predicted molar refractivity (Wildman–Crippen MR) is 436 cm³/mol. The molecule has 9 heteroatoms. The molecule has 0 amide bonds. The Kier molecular flexibility index (Phi) is 13.1. The molecule has 0 fully saturated rings. The van der Waals surface area contributed by atoms with Gasteiger partial charge in [-0.25, -0.2) is 15.0 Å². The molecule has 0 saturated carbocycles. The molecule has 10 aromatic heterocycles. The summed E-state index contributed by atoms with van der Waals surface area (Å²) in [5, 5.41) is 16.9. The molecule has 0 radical (unpaired) electrons. The van der Waals surface area contributed by atoms with Crippen molar-refractivity contribution in [3.63, 3.8) is 0 Å². The molecule has 0 N–H and O–H groups in total. The Hall–Kier alpha value is -13.9. The van der Waals surface area contributed by atoms with Crippen molar-refractivity contribution in [2.75, 3.05) is 0 Å². The third kappa shape index (κ3) is 8.92. The van der Waals surface area contributed by atoms with Crippen molar-refractivity contribution >= 4 is 164 Å². The lowest BCUT2D eigenvalue weighted by Gasteiger charge is -2.26. The monoisotopic (exact) mass is 1340 g/mol. The van der Waals surface area contributed by atoms with Gasteiger partial charge in [-0.1, -0.05) is 255 Å². The van der Waals surface area contributed by atoms with Gasteiger partial charge in [-0.15, -0.1) is 0 Å². The van der Waals surface area contributed by atoms with Gasteiger partial charge >= 0.3 is 0 Å². The minimum absolute atomic E-state index is 0.546. The molecule has 0 atom stereocenters. The van der Waals surface area contributed by atoms with Gasteiger partial charge in [-0.3, -0.25) is 0 Å². The van der Waals surface area contributed by atoms with Crippen LogP contribution in [-0.2, 0) is 0 Å². The molecule has 0 aliphatic rings. The van der Waals surface area contributed by atoms with E-state index in [0.29, 0.717) is 0 Å². The highest BCUT2D eigenvalue weighted by Crippen LogP contribution is 2.46. The van der Waals surface area contributed by atoms with E-state index in [-0.39, 0.29) is 0 Å². The smallest absolute Gasteiger partial charge is 0.155 e. The first-order valence-corrected chi connectivity index (χ1v) is 36.1. The molecule has 10 heterocycles. The SMILES string of the molecule is c1ccc2c(c1)c1ccccc1n2C(c1nc2ccc(cc2)c(C(n2c3ccccc3c3ccccc32)n2c3ccccc3c3ccccc32)nc2ccc(cc2)c(C(n2c3ccccc3c3ccccc32)n2c3ccccc3c3ccccc32)nc2ccc1cc2)n1c2ccccc2c2ccccc21. The molecule has 25 rings (SSSR count). The summed E-state index contributed by atoms with van der Waals surface area (Å²) < 4.78 is 15.2. The van der Waals surface area contributed by atoms with Crippen molar-refractivity contribution in [2.45, 2.75) is 18.5 Å². The molecular formula is C96H63N9. The quantitative estimate of drug-likeness (QED) is 0.145. The predicted octanol–water partition coefficient (Wildman–Crippen LogP) is 24.0. The van der Waals surface area contributed by atoms with Crippen LogP contribution in [0, 0.1) is 0 Å². The Morgan fingerprint density at radius 1 is 0.143 bits per heavy atom. The fraction of sp³-hybridized carbons (Fsp3) is 0.0312. The lowest BCUT2D eigenvalue weighted by atomic mass is 10.1. The Bertz CT molecular complexity index is 6060. The van der Waals surface area contributed by atoms with E-state index in [9.17, 15) is 0 Å². The first-order chi connectivity index (χ1) is 52.1. The summed E-state index contributed by atoms with van der Waals surface area (Å²) in [6.45, 7) is 0. The van der Waals surface area contributed by atoms with Crippen LogP contribution in [0.25, 0.3) is 164 Å². The molecule has 0 spiro atoms. The average Bonchev–Trinajstić information content (AvgIpc) is 1.60. The lowest BCUT2D eigenvalue weighted by molar-refractivity contribution is 0.552. The zero-order chi connectivity index (χ0) is 68.8. The molecule has 0 saturated heterocycles. The second-order valence-corrected chi connectivity index (χ2v) is 27.7. The number of hydrogen-bond acceptors (Lipinski definition) is 3. The highest BCUT2D eigenvalue weighted by atomic mass is 15.3. The van der Waals surface area contributed by atoms with Crippen LogP contribution in [0.15, 0.2) is 364 Å². The molecule has 0 unspecified atom stereocenters. The number of hydrogen-bond donors (Lipinski definition) is 0. The highest BCUT2D eigenvalue weighted by molar-refractivity contribution is 6.14. The molecule has 25 aromatic rings. The maximum absolute atomic E-state index is 6.14. The molecule has 15 aromatic carbocycles. The fourth-order valence-corrected chi connectivity index (χ4v) is 17.7. The van der Waals surface area contributed by atoms with Gasteiger partial charge in [0, 0.05) is 80.8 Å². The van der Waals surface area contributed by atoms with E-state index in [0.717, 1.165) is 116 Å². The Labute approximate surface area is 601 Å². The molecule has 105 heavy (non-hydrogen) atoms. The first kappa shape index (κ1) is 58.9. The van der Waals surface area contributed by atoms with Crippen LogP contribution < -0.4 is 0 Å². The molecular weight excluding hydrogens is 1280 g/mol. The largest absolute Gasteiger partial charge is 0.313 e. The lowest BCUT2D eigenvalue weighted by Crippen LogP contribution is -2.21. The Balaban J connectivity index is 0.919. The van der Waals surface area contributed by atoms with Gasteiger partial charge in [0.2, 0.25) is 0 Å². The minimum Gasteiger partial charge on any atom is -0.313 e. The fourth-order valence-electron chi connectivity index (χ4n) is 17.7. The van der Waals surface area contributed by atoms with E-state index < -0.39 is 18.5 Å². The number of rotatable bonds is 9. The van der Waals surface area contributed by atoms with Crippen molar-refractivity contribution in [3.05, 3.63) is 381 Å². The van der Waals surface area contributed by atoms with Crippen molar-refractivity contribution < 1.29 is 0 Å². The van der Waals surface area contributed by atoms with Crippen molar-refractivity contribution in [1.82, 2.24) is 42.4 Å². The zero-order valence-corrected chi connectivity index (χ0v) is 56.9. The Morgan fingerprint density at radius 3 is 0.400 bits per heavy atom. The number of aromatic nitrogens is 9. The number of benzene rings is 15. The summed E-state index contributed by atoms with van der Waals surface area (Å²) in [5.41, 5.74) is 18.1. The zero-order valence-electron chi connectivity index (χ0n) is 56.9. The van der Waals surface area contributed by atoms with Crippen molar-refractivity contribution in [1.29, 1.82) is 0 Å². The molecule has 9 nitrogen and oxygen atoms in total. The maximum Gasteiger partial charge on any atom is 0.155 e. The van der Waals surface area contributed by atoms with Crippen LogP contribution in [0.1, 0.15) is 35.6 Å². The number of fused-ring (bicyclic) bond motifs is 21. The summed E-state index contributed by atoms with van der Waals surface area (Å²) in [7, 11) is 0. The van der Waals surface area contributed by atoms with Gasteiger partial charge in [0.15, 0.2) is 18.5 Å². The van der Waals surface area contributed by atoms with Crippen LogP contribution in [-0.4, -0.2) is 42.4 Å². The highest BCUT2D eigenvalue weighted by Gasteiger charge is 2.32. The normalized spacial score (nSPS) is 12.3. The molecule has 492 valence electrons. The van der Waals surface area contributed by atoms with Crippen molar-refractivity contribution in [3.8, 4) is 0 Å². The van der Waals surface area contributed by atoms with Gasteiger partial charge in [0.25, 0.3) is 0 Å². The van der Waals surface area contributed by atoms with Gasteiger partial charge in [0.05, 0.1) is 99.8 Å². The van der Waals surface area contributed by atoms with Gasteiger partial charge in [-0.2, -0.15) is 0 Å². The first-order valence-electron chi connectivity index (χ1n) is 36.1. The summed E-state index contributed by atoms with van der Waals surface area (Å²) in [6, 6.07) is 133. The van der Waals surface area contributed by atoms with Crippen molar-refractivity contribution in [2.24, 2.45) is 0 Å². The molecule has 0 aliphatic carbocycles. The topological polar surface area (TPSA) is 68.2 Å². The van der Waals surface area contributed by atoms with E-state index in [1.54, 1.807) is 0 Å². The van der Waals surface area contributed by atoms with E-state index in [1.165, 1.54) is 64.6 Å². The molecule has 6 bridgehead atoms. The number of para-hydroxylation sites is 12. The van der Waals surface area contributed by atoms with Crippen LogP contribution >= 0.6 is 0 Å². The van der Waals surface area contributed by atoms with E-state index >= 15 is 0 Å². The summed E-state index contributed by atoms with van der Waals surface area (Å²) in [4.78, 5) is 18.4. The van der Waals surface area contributed by atoms with Gasteiger partial charge in [-0.05, 0) is 109 Å². The summed E-state index contributed by atoms with van der Waals surface area (Å²) >= 11 is 0. The maximum atomic E-state index is 6.14. The van der Waals surface area contributed by atoms with E-state index in [1.807, 2.05) is 0 Å². The Morgan fingerprint density at radius 2 is 0.267 bits per heavy atom. The third-order valence-electron chi connectivity index (χ3n) is 22.1. The minimum atomic E-state index is -0.546. The van der Waals surface area contributed by atoms with Crippen LogP contribution in [0.5, 0.6) is 0 Å². The van der Waals surface area contributed by atoms with E-state index in [2.05, 4.69) is 391 Å². The third-order valence-corrected chi connectivity index (χ3v) is 22.1. The second-order valence-electron chi connectivity index (χ2n) is 27.7. The summed E-state index contributed by atoms with van der Waals surface area (Å²) in [6.07, 6.45) is -1.64. The van der Waals surface area contributed by atoms with Gasteiger partial charge < -0.3 is 27.4 Å². The van der Waals surface area contributed by atoms with Crippen LogP contribution in [0.2, 0.25) is 0 Å². The average molecular weight is 1340 g/mol. The number of nitrogens with zero attached hydrogens (tertiary/aromatic N) is 9.